The molecule has 1 aliphatic carbocycles. The van der Waals surface area contributed by atoms with Crippen molar-refractivity contribution in [2.45, 2.75) is 45.2 Å². The normalized spacial score (nSPS) is 13.0. The Morgan fingerprint density at radius 2 is 2.00 bits per heavy atom. The Labute approximate surface area is 167 Å². The number of nitrogens with zero attached hydrogens (tertiary/aromatic N) is 4. The van der Waals surface area contributed by atoms with E-state index in [1.807, 2.05) is 20.8 Å². The fourth-order valence-corrected chi connectivity index (χ4v) is 4.38. The Balaban J connectivity index is 1.44. The zero-order valence-electron chi connectivity index (χ0n) is 16.2. The zero-order chi connectivity index (χ0) is 19.8. The second-order valence-electron chi connectivity index (χ2n) is 7.17. The van der Waals surface area contributed by atoms with Crippen LogP contribution in [0.25, 0.3) is 11.5 Å². The van der Waals surface area contributed by atoms with Gasteiger partial charge in [0.1, 0.15) is 5.69 Å². The van der Waals surface area contributed by atoms with Gasteiger partial charge in [0.15, 0.2) is 0 Å². The average molecular weight is 398 g/mol. The number of anilines is 1. The van der Waals surface area contributed by atoms with E-state index in [-0.39, 0.29) is 11.7 Å². The Bertz CT molecular complexity index is 1030. The van der Waals surface area contributed by atoms with Crippen LogP contribution in [0.1, 0.15) is 34.4 Å². The molecule has 9 heteroatoms. The van der Waals surface area contributed by atoms with Gasteiger partial charge in [-0.15, -0.1) is 10.2 Å². The number of H-pyrrole nitrogens is 1. The third kappa shape index (κ3) is 3.37. The van der Waals surface area contributed by atoms with Crippen LogP contribution in [-0.4, -0.2) is 36.7 Å². The molecule has 28 heavy (non-hydrogen) atoms. The summed E-state index contributed by atoms with van der Waals surface area (Å²) in [6, 6.07) is 4.11. The third-order valence-electron chi connectivity index (χ3n) is 4.96. The van der Waals surface area contributed by atoms with E-state index in [1.165, 1.54) is 27.6 Å². The second kappa shape index (κ2) is 7.31. The summed E-state index contributed by atoms with van der Waals surface area (Å²) in [6.07, 6.45) is 3.07. The zero-order valence-corrected chi connectivity index (χ0v) is 17.0. The Morgan fingerprint density at radius 1 is 1.25 bits per heavy atom. The summed E-state index contributed by atoms with van der Waals surface area (Å²) in [6.45, 7) is 6.03. The first-order valence-corrected chi connectivity index (χ1v) is 10.2. The van der Waals surface area contributed by atoms with Crippen molar-refractivity contribution >= 4 is 23.4 Å². The van der Waals surface area contributed by atoms with Crippen molar-refractivity contribution in [3.63, 3.8) is 0 Å². The Hall–Kier alpha value is -2.81. The van der Waals surface area contributed by atoms with E-state index in [9.17, 15) is 4.79 Å². The molecule has 0 spiro atoms. The molecule has 0 saturated heterocycles. The number of fused-ring (bicyclic) bond motifs is 1. The van der Waals surface area contributed by atoms with E-state index < -0.39 is 0 Å². The number of carbonyl (C=O) groups is 1. The molecule has 0 aliphatic heterocycles. The van der Waals surface area contributed by atoms with Gasteiger partial charge in [0.2, 0.25) is 16.9 Å². The molecule has 3 aromatic rings. The molecule has 4 N–H and O–H groups in total. The largest absolute Gasteiger partial charge is 0.335 e. The van der Waals surface area contributed by atoms with Crippen molar-refractivity contribution in [3.8, 4) is 11.5 Å². The first-order valence-electron chi connectivity index (χ1n) is 9.21. The summed E-state index contributed by atoms with van der Waals surface area (Å²) in [5, 5.41) is 19.2. The number of rotatable bonds is 5. The van der Waals surface area contributed by atoms with E-state index in [0.29, 0.717) is 11.0 Å². The molecular formula is C19H23N7OS. The highest BCUT2D eigenvalue weighted by atomic mass is 32.2. The number of hydrogen-bond acceptors (Lipinski definition) is 6. The maximum absolute atomic E-state index is 12.4. The SMILES string of the molecule is Cc1cc(C)c(NC(=O)CSc2nnc(-c3n[nH]c4c3CCC4)n2N)c(C)c1. The molecule has 0 fully saturated rings. The highest BCUT2D eigenvalue weighted by Crippen LogP contribution is 2.30. The van der Waals surface area contributed by atoms with Crippen LogP contribution < -0.4 is 11.2 Å². The molecule has 8 nitrogen and oxygen atoms in total. The van der Waals surface area contributed by atoms with Gasteiger partial charge in [0, 0.05) is 16.9 Å². The monoisotopic (exact) mass is 397 g/mol. The summed E-state index contributed by atoms with van der Waals surface area (Å²) in [5.41, 5.74) is 7.20. The van der Waals surface area contributed by atoms with Gasteiger partial charge in [-0.05, 0) is 51.2 Å². The van der Waals surface area contributed by atoms with E-state index in [1.54, 1.807) is 0 Å². The van der Waals surface area contributed by atoms with Gasteiger partial charge < -0.3 is 11.2 Å². The lowest BCUT2D eigenvalue weighted by Crippen LogP contribution is -2.17. The lowest BCUT2D eigenvalue weighted by Gasteiger charge is -2.12. The summed E-state index contributed by atoms with van der Waals surface area (Å²) >= 11 is 1.25. The summed E-state index contributed by atoms with van der Waals surface area (Å²) in [7, 11) is 0. The van der Waals surface area contributed by atoms with Gasteiger partial charge in [-0.3, -0.25) is 9.89 Å². The molecule has 1 aromatic carbocycles. The van der Waals surface area contributed by atoms with Gasteiger partial charge in [-0.1, -0.05) is 29.5 Å². The number of aryl methyl sites for hydroxylation is 4. The summed E-state index contributed by atoms with van der Waals surface area (Å²) in [5.74, 6) is 6.79. The van der Waals surface area contributed by atoms with Crippen molar-refractivity contribution in [2.24, 2.45) is 0 Å². The smallest absolute Gasteiger partial charge is 0.234 e. The molecule has 0 radical (unpaired) electrons. The van der Waals surface area contributed by atoms with Gasteiger partial charge in [-0.25, -0.2) is 4.68 Å². The molecule has 2 aromatic heterocycles. The number of amides is 1. The molecule has 2 heterocycles. The van der Waals surface area contributed by atoms with Crippen LogP contribution in [0.5, 0.6) is 0 Å². The lowest BCUT2D eigenvalue weighted by atomic mass is 10.1. The minimum atomic E-state index is -0.106. The van der Waals surface area contributed by atoms with Crippen LogP contribution in [0, 0.1) is 20.8 Å². The minimum Gasteiger partial charge on any atom is -0.335 e. The number of benzene rings is 1. The van der Waals surface area contributed by atoms with Gasteiger partial charge in [-0.2, -0.15) is 5.10 Å². The van der Waals surface area contributed by atoms with E-state index in [4.69, 9.17) is 5.84 Å². The van der Waals surface area contributed by atoms with Crippen molar-refractivity contribution in [1.29, 1.82) is 0 Å². The number of thioether (sulfide) groups is 1. The summed E-state index contributed by atoms with van der Waals surface area (Å²) in [4.78, 5) is 12.4. The van der Waals surface area contributed by atoms with E-state index in [0.717, 1.165) is 47.5 Å². The number of nitrogens with one attached hydrogen (secondary N) is 2. The van der Waals surface area contributed by atoms with Gasteiger partial charge in [0.05, 0.1) is 5.75 Å². The maximum Gasteiger partial charge on any atom is 0.234 e. The highest BCUT2D eigenvalue weighted by Gasteiger charge is 2.24. The molecule has 4 rings (SSSR count). The fourth-order valence-electron chi connectivity index (χ4n) is 3.72. The van der Waals surface area contributed by atoms with Crippen LogP contribution in [0.4, 0.5) is 5.69 Å². The first-order chi connectivity index (χ1) is 13.4. The highest BCUT2D eigenvalue weighted by molar-refractivity contribution is 7.99. The fraction of sp³-hybridized carbons (Fsp3) is 0.368. The van der Waals surface area contributed by atoms with Crippen molar-refractivity contribution in [1.82, 2.24) is 25.1 Å². The van der Waals surface area contributed by atoms with Crippen LogP contribution >= 0.6 is 11.8 Å². The van der Waals surface area contributed by atoms with Crippen LogP contribution in [-0.2, 0) is 17.6 Å². The first kappa shape index (κ1) is 18.5. The molecular weight excluding hydrogens is 374 g/mol. The van der Waals surface area contributed by atoms with Gasteiger partial charge >= 0.3 is 0 Å². The average Bonchev–Trinajstić information content (AvgIpc) is 3.33. The Kier molecular flexibility index (Phi) is 4.84. The number of nitrogens with two attached hydrogens (primary N) is 1. The van der Waals surface area contributed by atoms with Gasteiger partial charge in [0.25, 0.3) is 0 Å². The number of nitrogen functional groups attached to an aromatic ring is 1. The third-order valence-corrected chi connectivity index (χ3v) is 5.90. The lowest BCUT2D eigenvalue weighted by molar-refractivity contribution is -0.113. The van der Waals surface area contributed by atoms with Crippen LogP contribution in [0.2, 0.25) is 0 Å². The molecule has 1 amide bonds. The number of aromatic amines is 1. The number of aromatic nitrogens is 5. The van der Waals surface area contributed by atoms with Crippen molar-refractivity contribution in [3.05, 3.63) is 40.1 Å². The topological polar surface area (TPSA) is 115 Å². The second-order valence-corrected chi connectivity index (χ2v) is 8.11. The quantitative estimate of drug-likeness (QED) is 0.450. The molecule has 0 unspecified atom stereocenters. The molecule has 0 bridgehead atoms. The molecule has 0 saturated carbocycles. The predicted octanol–water partition coefficient (Wildman–Crippen LogP) is 2.53. The van der Waals surface area contributed by atoms with Crippen molar-refractivity contribution in [2.75, 3.05) is 16.9 Å². The summed E-state index contributed by atoms with van der Waals surface area (Å²) < 4.78 is 1.41. The minimum absolute atomic E-state index is 0.106. The molecule has 1 aliphatic rings. The predicted molar refractivity (Wildman–Crippen MR) is 110 cm³/mol. The Morgan fingerprint density at radius 3 is 2.75 bits per heavy atom. The van der Waals surface area contributed by atoms with Crippen LogP contribution in [0.15, 0.2) is 17.3 Å². The van der Waals surface area contributed by atoms with E-state index in [2.05, 4.69) is 37.8 Å². The number of carbonyl (C=O) groups excluding carboxylic acids is 1. The standard InChI is InChI=1S/C19H23N7OS/c1-10-7-11(2)16(12(3)8-10)21-15(27)9-28-19-25-24-18(26(19)20)17-13-5-4-6-14(13)22-23-17/h7-8H,4-6,9,20H2,1-3H3,(H,21,27)(H,22,23). The van der Waals surface area contributed by atoms with E-state index >= 15 is 0 Å². The molecule has 146 valence electrons. The number of hydrogen-bond donors (Lipinski definition) is 3. The maximum atomic E-state index is 12.4. The van der Waals surface area contributed by atoms with Crippen molar-refractivity contribution < 1.29 is 4.79 Å². The molecule has 0 atom stereocenters. The van der Waals surface area contributed by atoms with Crippen LogP contribution in [0.3, 0.4) is 0 Å².